The van der Waals surface area contributed by atoms with E-state index in [9.17, 15) is 18.3 Å². The van der Waals surface area contributed by atoms with Crippen molar-refractivity contribution in [2.75, 3.05) is 19.0 Å². The fourth-order valence-corrected chi connectivity index (χ4v) is 2.46. The predicted octanol–water partition coefficient (Wildman–Crippen LogP) is 4.20. The van der Waals surface area contributed by atoms with Gasteiger partial charge >= 0.3 is 6.18 Å². The first-order valence-electron chi connectivity index (χ1n) is 6.50. The molecule has 0 aromatic heterocycles. The molecule has 0 saturated heterocycles. The second-order valence-electron chi connectivity index (χ2n) is 5.13. The molecule has 2 nitrogen and oxygen atoms in total. The highest BCUT2D eigenvalue weighted by atomic mass is 35.5. The lowest BCUT2D eigenvalue weighted by molar-refractivity contribution is -0.248. The quantitative estimate of drug-likeness (QED) is 0.912. The second kappa shape index (κ2) is 5.82. The molecule has 118 valence electrons. The number of halogens is 4. The minimum atomic E-state index is -4.88. The Bertz CT molecular complexity index is 655. The third-order valence-corrected chi connectivity index (χ3v) is 3.70. The SMILES string of the molecule is CN(C)c1ccccc1C(O)(c1ccc(Cl)cc1)C(F)(F)F. The summed E-state index contributed by atoms with van der Waals surface area (Å²) in [5.74, 6) is 0. The van der Waals surface area contributed by atoms with Crippen LogP contribution < -0.4 is 4.90 Å². The maximum absolute atomic E-state index is 13.7. The molecule has 0 aliphatic carbocycles. The van der Waals surface area contributed by atoms with Gasteiger partial charge in [-0.25, -0.2) is 0 Å². The van der Waals surface area contributed by atoms with Gasteiger partial charge in [-0.1, -0.05) is 41.9 Å². The lowest BCUT2D eigenvalue weighted by Crippen LogP contribution is -2.44. The van der Waals surface area contributed by atoms with Crippen molar-refractivity contribution in [3.63, 3.8) is 0 Å². The van der Waals surface area contributed by atoms with Crippen LogP contribution in [0.2, 0.25) is 5.02 Å². The number of alkyl halides is 3. The number of aliphatic hydroxyl groups is 1. The van der Waals surface area contributed by atoms with E-state index in [2.05, 4.69) is 0 Å². The first-order valence-corrected chi connectivity index (χ1v) is 6.87. The van der Waals surface area contributed by atoms with Crippen LogP contribution in [0.1, 0.15) is 11.1 Å². The van der Waals surface area contributed by atoms with Crippen molar-refractivity contribution in [2.24, 2.45) is 0 Å². The minimum Gasteiger partial charge on any atom is -0.377 e. The molecule has 0 bridgehead atoms. The summed E-state index contributed by atoms with van der Waals surface area (Å²) in [6.45, 7) is 0. The lowest BCUT2D eigenvalue weighted by Gasteiger charge is -2.34. The maximum Gasteiger partial charge on any atom is 0.425 e. The van der Waals surface area contributed by atoms with E-state index in [1.807, 2.05) is 0 Å². The molecule has 2 rings (SSSR count). The molecule has 22 heavy (non-hydrogen) atoms. The Morgan fingerprint density at radius 3 is 2.00 bits per heavy atom. The molecule has 2 aromatic carbocycles. The normalized spacial score (nSPS) is 14.5. The topological polar surface area (TPSA) is 23.5 Å². The van der Waals surface area contributed by atoms with Crippen molar-refractivity contribution in [3.05, 3.63) is 64.7 Å². The average molecular weight is 330 g/mol. The lowest BCUT2D eigenvalue weighted by atomic mass is 9.84. The van der Waals surface area contributed by atoms with Crippen LogP contribution in [0, 0.1) is 0 Å². The number of hydrogen-bond acceptors (Lipinski definition) is 2. The zero-order chi connectivity index (χ0) is 16.5. The van der Waals surface area contributed by atoms with Crippen LogP contribution in [0.4, 0.5) is 18.9 Å². The molecule has 0 radical (unpaired) electrons. The highest BCUT2D eigenvalue weighted by Crippen LogP contribution is 2.47. The molecule has 1 N–H and O–H groups in total. The molecule has 6 heteroatoms. The molecule has 0 amide bonds. The number of hydrogen-bond donors (Lipinski definition) is 1. The van der Waals surface area contributed by atoms with E-state index >= 15 is 0 Å². The van der Waals surface area contributed by atoms with E-state index in [1.165, 1.54) is 47.4 Å². The van der Waals surface area contributed by atoms with Gasteiger partial charge in [0, 0.05) is 30.4 Å². The van der Waals surface area contributed by atoms with Crippen LogP contribution in [0.3, 0.4) is 0 Å². The van der Waals surface area contributed by atoms with E-state index in [4.69, 9.17) is 11.6 Å². The van der Waals surface area contributed by atoms with E-state index in [0.29, 0.717) is 5.02 Å². The van der Waals surface area contributed by atoms with E-state index in [-0.39, 0.29) is 16.8 Å². The number of anilines is 1. The molecule has 0 aliphatic rings. The molecule has 2 aromatic rings. The molecule has 0 spiro atoms. The van der Waals surface area contributed by atoms with Gasteiger partial charge in [0.1, 0.15) is 0 Å². The van der Waals surface area contributed by atoms with Gasteiger partial charge in [-0.3, -0.25) is 0 Å². The van der Waals surface area contributed by atoms with E-state index in [0.717, 1.165) is 0 Å². The predicted molar refractivity (Wildman–Crippen MR) is 81.3 cm³/mol. The van der Waals surface area contributed by atoms with Gasteiger partial charge in [0.25, 0.3) is 0 Å². The molecule has 0 aliphatic heterocycles. The summed E-state index contributed by atoms with van der Waals surface area (Å²) in [6, 6.07) is 10.9. The Labute approximate surface area is 131 Å². The molecule has 0 saturated carbocycles. The summed E-state index contributed by atoms with van der Waals surface area (Å²) in [6.07, 6.45) is -4.88. The van der Waals surface area contributed by atoms with Crippen molar-refractivity contribution in [1.82, 2.24) is 0 Å². The second-order valence-corrected chi connectivity index (χ2v) is 5.56. The molecular weight excluding hydrogens is 315 g/mol. The average Bonchev–Trinajstić information content (AvgIpc) is 2.46. The van der Waals surface area contributed by atoms with E-state index in [1.54, 1.807) is 20.2 Å². The summed E-state index contributed by atoms with van der Waals surface area (Å²) < 4.78 is 41.2. The van der Waals surface area contributed by atoms with Crippen molar-refractivity contribution in [1.29, 1.82) is 0 Å². The van der Waals surface area contributed by atoms with Gasteiger partial charge in [0.2, 0.25) is 5.60 Å². The van der Waals surface area contributed by atoms with Gasteiger partial charge in [-0.2, -0.15) is 13.2 Å². The standard InChI is InChI=1S/C16H15ClF3NO/c1-21(2)14-6-4-3-5-13(14)15(22,16(18,19)20)11-7-9-12(17)10-8-11/h3-10,22H,1-2H3. The number of para-hydroxylation sites is 1. The smallest absolute Gasteiger partial charge is 0.377 e. The largest absolute Gasteiger partial charge is 0.425 e. The third-order valence-electron chi connectivity index (χ3n) is 3.45. The highest BCUT2D eigenvalue weighted by Gasteiger charge is 2.57. The fourth-order valence-electron chi connectivity index (χ4n) is 2.33. The third kappa shape index (κ3) is 2.78. The van der Waals surface area contributed by atoms with Crippen molar-refractivity contribution in [2.45, 2.75) is 11.8 Å². The van der Waals surface area contributed by atoms with Gasteiger partial charge < -0.3 is 10.0 Å². The van der Waals surface area contributed by atoms with Crippen LogP contribution in [-0.4, -0.2) is 25.4 Å². The van der Waals surface area contributed by atoms with Crippen molar-refractivity contribution >= 4 is 17.3 Å². The van der Waals surface area contributed by atoms with Crippen LogP contribution >= 0.6 is 11.6 Å². The molecule has 1 atom stereocenters. The zero-order valence-corrected chi connectivity index (χ0v) is 12.8. The van der Waals surface area contributed by atoms with Crippen molar-refractivity contribution in [3.8, 4) is 0 Å². The maximum atomic E-state index is 13.7. The van der Waals surface area contributed by atoms with Gasteiger partial charge in [-0.15, -0.1) is 0 Å². The summed E-state index contributed by atoms with van der Waals surface area (Å²) in [4.78, 5) is 1.53. The van der Waals surface area contributed by atoms with Gasteiger partial charge in [0.05, 0.1) is 0 Å². The Hall–Kier alpha value is -1.72. The minimum absolute atomic E-state index is 0.227. The molecular formula is C16H15ClF3NO. The van der Waals surface area contributed by atoms with Gasteiger partial charge in [-0.05, 0) is 23.8 Å². The molecule has 0 fully saturated rings. The Morgan fingerprint density at radius 2 is 1.50 bits per heavy atom. The first-order chi connectivity index (χ1) is 10.2. The molecule has 1 unspecified atom stereocenters. The summed E-state index contributed by atoms with van der Waals surface area (Å²) >= 11 is 5.73. The Morgan fingerprint density at radius 1 is 0.955 bits per heavy atom. The highest BCUT2D eigenvalue weighted by molar-refractivity contribution is 6.30. The first kappa shape index (κ1) is 16.6. The van der Waals surface area contributed by atoms with Crippen LogP contribution in [0.5, 0.6) is 0 Å². The summed E-state index contributed by atoms with van der Waals surface area (Å²) in [5, 5.41) is 10.9. The number of benzene rings is 2. The van der Waals surface area contributed by atoms with Gasteiger partial charge in [0.15, 0.2) is 0 Å². The monoisotopic (exact) mass is 329 g/mol. The zero-order valence-electron chi connectivity index (χ0n) is 12.0. The Kier molecular flexibility index (Phi) is 4.40. The van der Waals surface area contributed by atoms with Crippen LogP contribution in [0.15, 0.2) is 48.5 Å². The summed E-state index contributed by atoms with van der Waals surface area (Å²) in [7, 11) is 3.25. The number of rotatable bonds is 3. The van der Waals surface area contributed by atoms with Crippen LogP contribution in [0.25, 0.3) is 0 Å². The Balaban J connectivity index is 2.74. The van der Waals surface area contributed by atoms with E-state index < -0.39 is 11.8 Å². The molecule has 0 heterocycles. The number of nitrogens with zero attached hydrogens (tertiary/aromatic N) is 1. The van der Waals surface area contributed by atoms with Crippen LogP contribution in [-0.2, 0) is 5.60 Å². The van der Waals surface area contributed by atoms with Crippen molar-refractivity contribution < 1.29 is 18.3 Å². The summed E-state index contributed by atoms with van der Waals surface area (Å²) in [5.41, 5.74) is -3.33. The fraction of sp³-hybridized carbons (Fsp3) is 0.250.